The van der Waals surface area contributed by atoms with Crippen LogP contribution in [0.15, 0.2) is 53.0 Å². The predicted molar refractivity (Wildman–Crippen MR) is 110 cm³/mol. The summed E-state index contributed by atoms with van der Waals surface area (Å²) in [6.07, 6.45) is 2.65. The van der Waals surface area contributed by atoms with E-state index in [1.165, 1.54) is 7.11 Å². The first-order valence-corrected chi connectivity index (χ1v) is 9.70. The van der Waals surface area contributed by atoms with Crippen molar-refractivity contribution in [2.75, 3.05) is 7.11 Å². The van der Waals surface area contributed by atoms with Gasteiger partial charge in [0.05, 0.1) is 13.0 Å². The van der Waals surface area contributed by atoms with Crippen LogP contribution in [0.1, 0.15) is 49.3 Å². The van der Waals surface area contributed by atoms with Gasteiger partial charge in [-0.1, -0.05) is 65.9 Å². The summed E-state index contributed by atoms with van der Waals surface area (Å²) in [5.74, 6) is 6.58. The molecule has 0 fully saturated rings. The minimum absolute atomic E-state index is 0.218. The van der Waals surface area contributed by atoms with Gasteiger partial charge in [0, 0.05) is 16.5 Å². The first-order chi connectivity index (χ1) is 12.5. The summed E-state index contributed by atoms with van der Waals surface area (Å²) in [6.45, 7) is 4.42. The number of methoxy groups -OCH3 is 1. The van der Waals surface area contributed by atoms with Crippen molar-refractivity contribution in [1.29, 1.82) is 0 Å². The van der Waals surface area contributed by atoms with Crippen LogP contribution in [0.25, 0.3) is 0 Å². The molecule has 2 rings (SSSR count). The Kier molecular flexibility index (Phi) is 7.94. The predicted octanol–water partition coefficient (Wildman–Crippen LogP) is 5.74. The summed E-state index contributed by atoms with van der Waals surface area (Å²) < 4.78 is 6.00. The topological polar surface area (TPSA) is 26.3 Å². The third-order valence-corrected chi connectivity index (χ3v) is 4.76. The Morgan fingerprint density at radius 1 is 1.08 bits per heavy atom. The van der Waals surface area contributed by atoms with Crippen molar-refractivity contribution < 1.29 is 9.53 Å². The number of hydrogen-bond donors (Lipinski definition) is 0. The summed E-state index contributed by atoms with van der Waals surface area (Å²) in [7, 11) is 1.43. The molecule has 0 amide bonds. The molecule has 0 unspecified atom stereocenters. The van der Waals surface area contributed by atoms with E-state index < -0.39 is 0 Å². The molecule has 0 aliphatic heterocycles. The second kappa shape index (κ2) is 10.2. The third-order valence-electron chi connectivity index (χ3n) is 4.23. The third kappa shape index (κ3) is 6.35. The highest BCUT2D eigenvalue weighted by molar-refractivity contribution is 9.10. The molecule has 0 bridgehead atoms. The van der Waals surface area contributed by atoms with Gasteiger partial charge in [-0.2, -0.15) is 0 Å². The van der Waals surface area contributed by atoms with Crippen molar-refractivity contribution in [3.05, 3.63) is 69.7 Å². The molecule has 2 nitrogen and oxygen atoms in total. The van der Waals surface area contributed by atoms with Gasteiger partial charge in [-0.25, -0.2) is 0 Å². The second-order valence-corrected chi connectivity index (χ2v) is 7.68. The quantitative estimate of drug-likeness (QED) is 0.446. The number of rotatable bonds is 6. The van der Waals surface area contributed by atoms with Crippen molar-refractivity contribution in [2.45, 2.75) is 39.0 Å². The molecule has 0 saturated carbocycles. The number of hydrogen-bond acceptors (Lipinski definition) is 2. The van der Waals surface area contributed by atoms with E-state index in [2.05, 4.69) is 41.6 Å². The monoisotopic (exact) mass is 412 g/mol. The zero-order chi connectivity index (χ0) is 18.9. The Morgan fingerprint density at radius 3 is 2.31 bits per heavy atom. The van der Waals surface area contributed by atoms with Crippen LogP contribution in [0.3, 0.4) is 0 Å². The van der Waals surface area contributed by atoms with Crippen molar-refractivity contribution in [2.24, 2.45) is 5.92 Å². The highest BCUT2D eigenvalue weighted by Gasteiger charge is 2.21. The van der Waals surface area contributed by atoms with E-state index in [1.54, 1.807) is 0 Å². The first kappa shape index (κ1) is 20.3. The van der Waals surface area contributed by atoms with Crippen molar-refractivity contribution in [3.63, 3.8) is 0 Å². The van der Waals surface area contributed by atoms with Crippen LogP contribution in [-0.2, 0) is 16.0 Å². The number of halogens is 1. The lowest BCUT2D eigenvalue weighted by molar-refractivity contribution is -0.142. The molecule has 2 aromatic rings. The zero-order valence-corrected chi connectivity index (χ0v) is 17.2. The molecule has 136 valence electrons. The van der Waals surface area contributed by atoms with Gasteiger partial charge < -0.3 is 4.74 Å². The van der Waals surface area contributed by atoms with E-state index in [9.17, 15) is 4.79 Å². The minimum atomic E-state index is -0.309. The zero-order valence-electron chi connectivity index (χ0n) is 15.6. The van der Waals surface area contributed by atoms with Crippen molar-refractivity contribution in [3.8, 4) is 11.8 Å². The van der Waals surface area contributed by atoms with Crippen molar-refractivity contribution >= 4 is 21.9 Å². The molecule has 0 saturated heterocycles. The van der Waals surface area contributed by atoms with Crippen LogP contribution in [0.2, 0.25) is 0 Å². The Bertz CT molecular complexity index is 765. The summed E-state index contributed by atoms with van der Waals surface area (Å²) in [6, 6.07) is 15.9. The van der Waals surface area contributed by atoms with Crippen molar-refractivity contribution in [1.82, 2.24) is 0 Å². The Hall–Kier alpha value is -2.05. The average molecular weight is 413 g/mol. The average Bonchev–Trinajstić information content (AvgIpc) is 2.64. The van der Waals surface area contributed by atoms with E-state index in [-0.39, 0.29) is 11.9 Å². The SMILES string of the molecule is COC(=O)[C@@H](Cc1ccc(C#CCCC(C)C)cc1)c1ccc(Br)cc1. The van der Waals surface area contributed by atoms with E-state index in [4.69, 9.17) is 4.74 Å². The molecule has 26 heavy (non-hydrogen) atoms. The van der Waals surface area contributed by atoms with Crippen LogP contribution in [0, 0.1) is 17.8 Å². The maximum absolute atomic E-state index is 12.2. The Balaban J connectivity index is 2.08. The number of carbonyl (C=O) groups is 1. The van der Waals surface area contributed by atoms with E-state index in [0.29, 0.717) is 12.3 Å². The molecule has 2 aromatic carbocycles. The van der Waals surface area contributed by atoms with Crippen LogP contribution in [0.4, 0.5) is 0 Å². The number of benzene rings is 2. The van der Waals surface area contributed by atoms with Crippen LogP contribution >= 0.6 is 15.9 Å². The molecule has 0 aliphatic carbocycles. The van der Waals surface area contributed by atoms with Gasteiger partial charge in [0.1, 0.15) is 0 Å². The van der Waals surface area contributed by atoms with Gasteiger partial charge in [0.2, 0.25) is 0 Å². The van der Waals surface area contributed by atoms with Crippen LogP contribution in [-0.4, -0.2) is 13.1 Å². The maximum atomic E-state index is 12.2. The minimum Gasteiger partial charge on any atom is -0.469 e. The highest BCUT2D eigenvalue weighted by Crippen LogP contribution is 2.24. The number of ether oxygens (including phenoxy) is 1. The molecule has 3 heteroatoms. The molecule has 0 aliphatic rings. The molecular formula is C23H25BrO2. The van der Waals surface area contributed by atoms with Crippen LogP contribution in [0.5, 0.6) is 0 Å². The maximum Gasteiger partial charge on any atom is 0.313 e. The molecule has 0 N–H and O–H groups in total. The van der Waals surface area contributed by atoms with Gasteiger partial charge in [-0.05, 0) is 54.2 Å². The second-order valence-electron chi connectivity index (χ2n) is 6.76. The van der Waals surface area contributed by atoms with E-state index >= 15 is 0 Å². The fourth-order valence-electron chi connectivity index (χ4n) is 2.66. The lowest BCUT2D eigenvalue weighted by Gasteiger charge is -2.15. The van der Waals surface area contributed by atoms with E-state index in [0.717, 1.165) is 34.0 Å². The molecule has 0 aromatic heterocycles. The van der Waals surface area contributed by atoms with Gasteiger partial charge in [-0.3, -0.25) is 4.79 Å². The van der Waals surface area contributed by atoms with E-state index in [1.807, 2.05) is 48.5 Å². The Labute approximate surface area is 165 Å². The lowest BCUT2D eigenvalue weighted by Crippen LogP contribution is -2.16. The first-order valence-electron chi connectivity index (χ1n) is 8.90. The molecular weight excluding hydrogens is 388 g/mol. The summed E-state index contributed by atoms with van der Waals surface area (Å²) in [5, 5.41) is 0. The smallest absolute Gasteiger partial charge is 0.313 e. The number of esters is 1. The molecule has 0 heterocycles. The van der Waals surface area contributed by atoms with Crippen LogP contribution < -0.4 is 0 Å². The normalized spacial score (nSPS) is 11.6. The summed E-state index contributed by atoms with van der Waals surface area (Å²) in [4.78, 5) is 12.2. The van der Waals surface area contributed by atoms with Gasteiger partial charge in [-0.15, -0.1) is 0 Å². The largest absolute Gasteiger partial charge is 0.469 e. The van der Waals surface area contributed by atoms with Gasteiger partial charge in [0.25, 0.3) is 0 Å². The van der Waals surface area contributed by atoms with Gasteiger partial charge in [0.15, 0.2) is 0 Å². The molecule has 0 radical (unpaired) electrons. The van der Waals surface area contributed by atoms with Gasteiger partial charge >= 0.3 is 5.97 Å². The standard InChI is InChI=1S/C23H25BrO2/c1-17(2)6-4-5-7-18-8-10-19(11-9-18)16-22(23(25)26-3)20-12-14-21(24)15-13-20/h8-15,17,22H,4,6,16H2,1-3H3/t22-/m0/s1. The fourth-order valence-corrected chi connectivity index (χ4v) is 2.92. The summed E-state index contributed by atoms with van der Waals surface area (Å²) in [5.41, 5.74) is 3.06. The highest BCUT2D eigenvalue weighted by atomic mass is 79.9. The molecule has 1 atom stereocenters. The number of carbonyl (C=O) groups excluding carboxylic acids is 1. The Morgan fingerprint density at radius 2 is 1.73 bits per heavy atom. The summed E-state index contributed by atoms with van der Waals surface area (Å²) >= 11 is 3.43. The lowest BCUT2D eigenvalue weighted by atomic mass is 9.92. The molecule has 0 spiro atoms. The fraction of sp³-hybridized carbons (Fsp3) is 0.348.